The maximum Gasteiger partial charge on any atom is 0.221 e. The van der Waals surface area contributed by atoms with Crippen LogP contribution in [0.1, 0.15) is 37.7 Å². The van der Waals surface area contributed by atoms with Gasteiger partial charge >= 0.3 is 0 Å². The van der Waals surface area contributed by atoms with E-state index in [-0.39, 0.29) is 11.7 Å². The number of nitrogens with one attached hydrogen (secondary N) is 1. The van der Waals surface area contributed by atoms with Crippen molar-refractivity contribution >= 4 is 17.7 Å². The monoisotopic (exact) mass is 281 g/mol. The molecule has 19 heavy (non-hydrogen) atoms. The molecule has 0 atom stereocenters. The Kier molecular flexibility index (Phi) is 5.70. The van der Waals surface area contributed by atoms with E-state index >= 15 is 0 Å². The van der Waals surface area contributed by atoms with Gasteiger partial charge in [0.1, 0.15) is 5.82 Å². The van der Waals surface area contributed by atoms with Gasteiger partial charge in [-0.1, -0.05) is 31.0 Å². The Hall–Kier alpha value is -1.03. The van der Waals surface area contributed by atoms with Crippen LogP contribution >= 0.6 is 11.8 Å². The maximum absolute atomic E-state index is 13.4. The fourth-order valence-corrected chi connectivity index (χ4v) is 3.26. The van der Waals surface area contributed by atoms with Crippen molar-refractivity contribution in [2.45, 2.75) is 43.9 Å². The van der Waals surface area contributed by atoms with Gasteiger partial charge in [0.15, 0.2) is 0 Å². The molecule has 4 heteroatoms. The molecule has 1 aliphatic rings. The van der Waals surface area contributed by atoms with E-state index in [1.54, 1.807) is 23.9 Å². The van der Waals surface area contributed by atoms with Crippen molar-refractivity contribution in [2.24, 2.45) is 0 Å². The molecule has 1 fully saturated rings. The number of carbonyl (C=O) groups excluding carboxylic acids is 1. The number of carbonyl (C=O) groups is 1. The average molecular weight is 281 g/mol. The van der Waals surface area contributed by atoms with Crippen LogP contribution in [0.25, 0.3) is 0 Å². The fourth-order valence-electron chi connectivity index (χ4n) is 2.33. The number of benzene rings is 1. The molecule has 0 heterocycles. The molecule has 0 saturated heterocycles. The molecule has 0 spiro atoms. The first-order valence-corrected chi connectivity index (χ1v) is 8.01. The second-order valence-corrected chi connectivity index (χ2v) is 6.05. The molecule has 0 radical (unpaired) electrons. The van der Waals surface area contributed by atoms with Gasteiger partial charge in [0.25, 0.3) is 0 Å². The highest BCUT2D eigenvalue weighted by molar-refractivity contribution is 7.98. The van der Waals surface area contributed by atoms with E-state index in [2.05, 4.69) is 5.32 Å². The van der Waals surface area contributed by atoms with Crippen molar-refractivity contribution in [1.29, 1.82) is 0 Å². The lowest BCUT2D eigenvalue weighted by atomic mass is 10.2. The minimum absolute atomic E-state index is 0.132. The number of hydrogen-bond donors (Lipinski definition) is 1. The van der Waals surface area contributed by atoms with Gasteiger partial charge in [0.05, 0.1) is 0 Å². The Labute approximate surface area is 118 Å². The first kappa shape index (κ1) is 14.4. The van der Waals surface area contributed by atoms with Crippen LogP contribution in [0.5, 0.6) is 0 Å². The molecule has 1 aliphatic carbocycles. The standard InChI is InChI=1S/C15H20FNOS/c16-14-8-4-1-5-12(14)11-19-10-9-15(18)17-13-6-2-3-7-13/h1,4-5,8,13H,2-3,6-7,9-11H2,(H,17,18). The van der Waals surface area contributed by atoms with E-state index < -0.39 is 0 Å². The summed E-state index contributed by atoms with van der Waals surface area (Å²) in [4.78, 5) is 11.7. The predicted molar refractivity (Wildman–Crippen MR) is 77.6 cm³/mol. The van der Waals surface area contributed by atoms with Crippen molar-refractivity contribution in [2.75, 3.05) is 5.75 Å². The van der Waals surface area contributed by atoms with Gasteiger partial charge in [-0.15, -0.1) is 0 Å². The Balaban J connectivity index is 1.61. The molecule has 104 valence electrons. The van der Waals surface area contributed by atoms with Gasteiger partial charge in [-0.05, 0) is 24.5 Å². The van der Waals surface area contributed by atoms with E-state index in [1.807, 2.05) is 6.07 Å². The highest BCUT2D eigenvalue weighted by Gasteiger charge is 2.16. The number of thioether (sulfide) groups is 1. The Morgan fingerprint density at radius 2 is 2.05 bits per heavy atom. The molecule has 1 amide bonds. The number of rotatable bonds is 6. The average Bonchev–Trinajstić information content (AvgIpc) is 2.89. The van der Waals surface area contributed by atoms with E-state index in [0.29, 0.717) is 23.8 Å². The SMILES string of the molecule is O=C(CCSCc1ccccc1F)NC1CCCC1. The number of hydrogen-bond acceptors (Lipinski definition) is 2. The van der Waals surface area contributed by atoms with Crippen LogP contribution < -0.4 is 5.32 Å². The summed E-state index contributed by atoms with van der Waals surface area (Å²) in [5, 5.41) is 3.06. The third kappa shape index (κ3) is 4.86. The fraction of sp³-hybridized carbons (Fsp3) is 0.533. The predicted octanol–water partition coefficient (Wildman–Crippen LogP) is 3.51. The summed E-state index contributed by atoms with van der Waals surface area (Å²) in [6.45, 7) is 0. The van der Waals surface area contributed by atoms with Crippen molar-refractivity contribution < 1.29 is 9.18 Å². The topological polar surface area (TPSA) is 29.1 Å². The van der Waals surface area contributed by atoms with Gasteiger partial charge in [-0.3, -0.25) is 4.79 Å². The van der Waals surface area contributed by atoms with Crippen LogP contribution in [0, 0.1) is 5.82 Å². The van der Waals surface area contributed by atoms with Crippen LogP contribution in [0.4, 0.5) is 4.39 Å². The summed E-state index contributed by atoms with van der Waals surface area (Å²) in [6.07, 6.45) is 5.22. The van der Waals surface area contributed by atoms with Crippen LogP contribution in [0.2, 0.25) is 0 Å². The number of halogens is 1. The van der Waals surface area contributed by atoms with Gasteiger partial charge in [0.2, 0.25) is 5.91 Å². The summed E-state index contributed by atoms with van der Waals surface area (Å²) in [6, 6.07) is 7.19. The third-order valence-corrected chi connectivity index (χ3v) is 4.42. The lowest BCUT2D eigenvalue weighted by Crippen LogP contribution is -2.32. The van der Waals surface area contributed by atoms with Crippen molar-refractivity contribution in [1.82, 2.24) is 5.32 Å². The molecular formula is C15H20FNOS. The first-order chi connectivity index (χ1) is 9.25. The Bertz CT molecular complexity index is 418. The Morgan fingerprint density at radius 1 is 1.32 bits per heavy atom. The summed E-state index contributed by atoms with van der Waals surface area (Å²) < 4.78 is 13.4. The molecule has 1 aromatic rings. The minimum atomic E-state index is -0.162. The molecule has 0 bridgehead atoms. The molecule has 0 aliphatic heterocycles. The molecule has 1 N–H and O–H groups in total. The molecule has 1 aromatic carbocycles. The Morgan fingerprint density at radius 3 is 2.79 bits per heavy atom. The van der Waals surface area contributed by atoms with Crippen LogP contribution in [0.15, 0.2) is 24.3 Å². The van der Waals surface area contributed by atoms with Crippen LogP contribution in [-0.2, 0) is 10.5 Å². The van der Waals surface area contributed by atoms with E-state index in [1.165, 1.54) is 18.9 Å². The second-order valence-electron chi connectivity index (χ2n) is 4.94. The van der Waals surface area contributed by atoms with E-state index in [0.717, 1.165) is 18.6 Å². The minimum Gasteiger partial charge on any atom is -0.353 e. The van der Waals surface area contributed by atoms with Gasteiger partial charge in [-0.2, -0.15) is 11.8 Å². The second kappa shape index (κ2) is 7.53. The highest BCUT2D eigenvalue weighted by atomic mass is 32.2. The van der Waals surface area contributed by atoms with Crippen molar-refractivity contribution in [3.8, 4) is 0 Å². The zero-order chi connectivity index (χ0) is 13.5. The molecule has 0 unspecified atom stereocenters. The van der Waals surface area contributed by atoms with Crippen molar-refractivity contribution in [3.63, 3.8) is 0 Å². The van der Waals surface area contributed by atoms with Gasteiger partial charge in [-0.25, -0.2) is 4.39 Å². The maximum atomic E-state index is 13.4. The van der Waals surface area contributed by atoms with Gasteiger partial charge in [0, 0.05) is 24.0 Å². The summed E-state index contributed by atoms with van der Waals surface area (Å²) >= 11 is 1.61. The van der Waals surface area contributed by atoms with Crippen LogP contribution in [-0.4, -0.2) is 17.7 Å². The smallest absolute Gasteiger partial charge is 0.221 e. The molecule has 2 rings (SSSR count). The quantitative estimate of drug-likeness (QED) is 0.809. The van der Waals surface area contributed by atoms with E-state index in [9.17, 15) is 9.18 Å². The summed E-state index contributed by atoms with van der Waals surface area (Å²) in [5.41, 5.74) is 0.712. The molecular weight excluding hydrogens is 261 g/mol. The largest absolute Gasteiger partial charge is 0.353 e. The van der Waals surface area contributed by atoms with E-state index in [4.69, 9.17) is 0 Å². The summed E-state index contributed by atoms with van der Waals surface area (Å²) in [5.74, 6) is 1.34. The molecule has 0 aromatic heterocycles. The van der Waals surface area contributed by atoms with Gasteiger partial charge < -0.3 is 5.32 Å². The zero-order valence-electron chi connectivity index (χ0n) is 11.0. The normalized spacial score (nSPS) is 15.6. The summed E-state index contributed by atoms with van der Waals surface area (Å²) in [7, 11) is 0. The number of amides is 1. The van der Waals surface area contributed by atoms with Crippen molar-refractivity contribution in [3.05, 3.63) is 35.6 Å². The first-order valence-electron chi connectivity index (χ1n) is 6.86. The third-order valence-electron chi connectivity index (χ3n) is 3.41. The lowest BCUT2D eigenvalue weighted by molar-refractivity contribution is -0.121. The highest BCUT2D eigenvalue weighted by Crippen LogP contribution is 2.18. The lowest BCUT2D eigenvalue weighted by Gasteiger charge is -2.11. The molecule has 2 nitrogen and oxygen atoms in total. The zero-order valence-corrected chi connectivity index (χ0v) is 11.8. The van der Waals surface area contributed by atoms with Crippen LogP contribution in [0.3, 0.4) is 0 Å². The molecule has 1 saturated carbocycles.